The summed E-state index contributed by atoms with van der Waals surface area (Å²) < 4.78 is 23.6. The van der Waals surface area contributed by atoms with Gasteiger partial charge in [-0.25, -0.2) is 9.18 Å². The van der Waals surface area contributed by atoms with Crippen LogP contribution >= 0.6 is 11.8 Å². The molecule has 0 N–H and O–H groups in total. The third-order valence-electron chi connectivity index (χ3n) is 3.91. The third-order valence-corrected chi connectivity index (χ3v) is 4.89. The lowest BCUT2D eigenvalue weighted by Gasteiger charge is -2.11. The van der Waals surface area contributed by atoms with Crippen molar-refractivity contribution in [3.8, 4) is 5.75 Å². The summed E-state index contributed by atoms with van der Waals surface area (Å²) in [5.74, 6) is -0.274. The molecule has 0 aliphatic carbocycles. The van der Waals surface area contributed by atoms with Gasteiger partial charge in [-0.15, -0.1) is 11.8 Å². The van der Waals surface area contributed by atoms with Gasteiger partial charge in [-0.2, -0.15) is 0 Å². The zero-order valence-electron chi connectivity index (χ0n) is 14.4. The van der Waals surface area contributed by atoms with Crippen LogP contribution in [0.3, 0.4) is 0 Å². The zero-order chi connectivity index (χ0) is 18.7. The first kappa shape index (κ1) is 18.2. The van der Waals surface area contributed by atoms with Crippen LogP contribution in [-0.4, -0.2) is 11.7 Å². The predicted molar refractivity (Wildman–Crippen MR) is 99.4 cm³/mol. The molecule has 0 radical (unpaired) electrons. The first-order valence-electron chi connectivity index (χ1n) is 8.12. The Bertz CT molecular complexity index is 1010. The van der Waals surface area contributed by atoms with Gasteiger partial charge in [0.2, 0.25) is 0 Å². The molecule has 0 unspecified atom stereocenters. The first-order valence-corrected chi connectivity index (χ1v) is 9.11. The van der Waals surface area contributed by atoms with Crippen molar-refractivity contribution in [2.45, 2.75) is 25.2 Å². The second-order valence-electron chi connectivity index (χ2n) is 5.77. The molecule has 0 aliphatic heterocycles. The monoisotopic (exact) mass is 372 g/mol. The molecule has 4 nitrogen and oxygen atoms in total. The number of benzene rings is 2. The molecule has 0 saturated heterocycles. The van der Waals surface area contributed by atoms with Crippen LogP contribution in [-0.2, 0) is 11.2 Å². The van der Waals surface area contributed by atoms with Crippen LogP contribution in [0.2, 0.25) is 0 Å². The molecular formula is C20H17FO4S. The number of aryl methyl sites for hydroxylation is 2. The fourth-order valence-electron chi connectivity index (χ4n) is 2.59. The van der Waals surface area contributed by atoms with E-state index in [2.05, 4.69) is 0 Å². The number of rotatable bonds is 5. The molecule has 0 saturated carbocycles. The predicted octanol–water partition coefficient (Wildman–Crippen LogP) is 4.50. The van der Waals surface area contributed by atoms with E-state index in [1.807, 2.05) is 19.9 Å². The van der Waals surface area contributed by atoms with Crippen LogP contribution in [0.5, 0.6) is 5.75 Å². The Labute approximate surface area is 154 Å². The van der Waals surface area contributed by atoms with E-state index in [9.17, 15) is 14.0 Å². The van der Waals surface area contributed by atoms with E-state index in [-0.39, 0.29) is 11.6 Å². The third kappa shape index (κ3) is 4.14. The summed E-state index contributed by atoms with van der Waals surface area (Å²) in [6.45, 7) is 3.80. The average Bonchev–Trinajstić information content (AvgIpc) is 2.60. The quantitative estimate of drug-likeness (QED) is 0.286. The van der Waals surface area contributed by atoms with Gasteiger partial charge < -0.3 is 9.15 Å². The summed E-state index contributed by atoms with van der Waals surface area (Å²) in [6, 6.07) is 10.8. The van der Waals surface area contributed by atoms with Crippen molar-refractivity contribution in [2.24, 2.45) is 0 Å². The van der Waals surface area contributed by atoms with E-state index in [1.165, 1.54) is 30.0 Å². The van der Waals surface area contributed by atoms with Crippen molar-refractivity contribution < 1.29 is 18.3 Å². The average molecular weight is 372 g/mol. The van der Waals surface area contributed by atoms with Gasteiger partial charge in [-0.3, -0.25) is 4.79 Å². The van der Waals surface area contributed by atoms with Crippen LogP contribution in [0, 0.1) is 12.7 Å². The molecule has 6 heteroatoms. The minimum absolute atomic E-state index is 0.0879. The molecule has 0 atom stereocenters. The maximum absolute atomic E-state index is 12.9. The number of halogens is 1. The van der Waals surface area contributed by atoms with Crippen LogP contribution in [0.25, 0.3) is 11.0 Å². The number of carbonyl (C=O) groups is 1. The summed E-state index contributed by atoms with van der Waals surface area (Å²) in [5, 5.41) is 0.821. The van der Waals surface area contributed by atoms with E-state index in [0.717, 1.165) is 21.4 Å². The molecule has 1 aromatic heterocycles. The molecule has 0 amide bonds. The molecule has 2 aromatic carbocycles. The van der Waals surface area contributed by atoms with Crippen LogP contribution in [0.15, 0.2) is 56.6 Å². The molecular weight excluding hydrogens is 355 g/mol. The highest BCUT2D eigenvalue weighted by atomic mass is 32.2. The summed E-state index contributed by atoms with van der Waals surface area (Å²) in [4.78, 5) is 24.5. The number of ether oxygens (including phenoxy) is 1. The summed E-state index contributed by atoms with van der Waals surface area (Å²) in [7, 11) is 0. The zero-order valence-corrected chi connectivity index (χ0v) is 15.2. The van der Waals surface area contributed by atoms with Gasteiger partial charge in [-0.05, 0) is 54.8 Å². The van der Waals surface area contributed by atoms with Gasteiger partial charge >= 0.3 is 11.6 Å². The smallest absolute Gasteiger partial charge is 0.336 e. The molecule has 3 aromatic rings. The molecule has 134 valence electrons. The van der Waals surface area contributed by atoms with Gasteiger partial charge in [0.25, 0.3) is 0 Å². The Balaban J connectivity index is 1.79. The van der Waals surface area contributed by atoms with Gasteiger partial charge in [0.05, 0.1) is 5.75 Å². The number of thioether (sulfide) groups is 1. The van der Waals surface area contributed by atoms with E-state index in [1.54, 1.807) is 18.2 Å². The second kappa shape index (κ2) is 7.74. The fraction of sp³-hybridized carbons (Fsp3) is 0.200. The Morgan fingerprint density at radius 3 is 2.62 bits per heavy atom. The number of hydrogen-bond donors (Lipinski definition) is 0. The topological polar surface area (TPSA) is 56.5 Å². The van der Waals surface area contributed by atoms with Crippen LogP contribution in [0.1, 0.15) is 18.1 Å². The van der Waals surface area contributed by atoms with Crippen molar-refractivity contribution >= 4 is 28.7 Å². The molecule has 3 rings (SSSR count). The van der Waals surface area contributed by atoms with E-state index >= 15 is 0 Å². The number of fused-ring (bicyclic) bond motifs is 1. The lowest BCUT2D eigenvalue weighted by molar-refractivity contribution is -0.131. The maximum Gasteiger partial charge on any atom is 0.336 e. The van der Waals surface area contributed by atoms with Gasteiger partial charge in [-0.1, -0.05) is 6.92 Å². The fourth-order valence-corrected chi connectivity index (χ4v) is 3.26. The van der Waals surface area contributed by atoms with Crippen molar-refractivity contribution in [3.63, 3.8) is 0 Å². The standard InChI is InChI=1S/C20H17FO4S/c1-3-13-9-16-12(2)8-19(22)25-18(16)10-17(13)24-20(23)11-26-15-6-4-14(21)5-7-15/h4-10H,3,11H2,1-2H3. The summed E-state index contributed by atoms with van der Waals surface area (Å²) in [6.07, 6.45) is 0.669. The minimum Gasteiger partial charge on any atom is -0.425 e. The summed E-state index contributed by atoms with van der Waals surface area (Å²) in [5.41, 5.74) is 1.62. The van der Waals surface area contributed by atoms with Crippen molar-refractivity contribution in [2.75, 3.05) is 5.75 Å². The molecule has 26 heavy (non-hydrogen) atoms. The SMILES string of the molecule is CCc1cc2c(C)cc(=O)oc2cc1OC(=O)CSc1ccc(F)cc1. The Hall–Kier alpha value is -2.60. The van der Waals surface area contributed by atoms with Crippen molar-refractivity contribution in [1.82, 2.24) is 0 Å². The minimum atomic E-state index is -0.441. The lowest BCUT2D eigenvalue weighted by Crippen LogP contribution is -2.12. The van der Waals surface area contributed by atoms with Crippen molar-refractivity contribution in [3.05, 3.63) is 69.8 Å². The largest absolute Gasteiger partial charge is 0.425 e. The van der Waals surface area contributed by atoms with E-state index < -0.39 is 11.6 Å². The van der Waals surface area contributed by atoms with E-state index in [0.29, 0.717) is 17.8 Å². The summed E-state index contributed by atoms with van der Waals surface area (Å²) >= 11 is 1.26. The normalized spacial score (nSPS) is 10.9. The Morgan fingerprint density at radius 1 is 1.19 bits per heavy atom. The maximum atomic E-state index is 12.9. The molecule has 1 heterocycles. The molecule has 0 spiro atoms. The van der Waals surface area contributed by atoms with E-state index in [4.69, 9.17) is 9.15 Å². The second-order valence-corrected chi connectivity index (χ2v) is 6.82. The van der Waals surface area contributed by atoms with Crippen molar-refractivity contribution in [1.29, 1.82) is 0 Å². The Morgan fingerprint density at radius 2 is 1.92 bits per heavy atom. The van der Waals surface area contributed by atoms with Gasteiger partial charge in [0.15, 0.2) is 0 Å². The number of esters is 1. The number of hydrogen-bond acceptors (Lipinski definition) is 5. The molecule has 0 fully saturated rings. The Kier molecular flexibility index (Phi) is 5.42. The highest BCUT2D eigenvalue weighted by molar-refractivity contribution is 8.00. The molecule has 0 bridgehead atoms. The van der Waals surface area contributed by atoms with Gasteiger partial charge in [0.1, 0.15) is 17.1 Å². The van der Waals surface area contributed by atoms with Crippen LogP contribution in [0.4, 0.5) is 4.39 Å². The first-order chi connectivity index (χ1) is 12.5. The highest BCUT2D eigenvalue weighted by Crippen LogP contribution is 2.28. The highest BCUT2D eigenvalue weighted by Gasteiger charge is 2.13. The number of carbonyl (C=O) groups excluding carboxylic acids is 1. The lowest BCUT2D eigenvalue weighted by atomic mass is 10.1. The van der Waals surface area contributed by atoms with Crippen LogP contribution < -0.4 is 10.4 Å². The van der Waals surface area contributed by atoms with Gasteiger partial charge in [0, 0.05) is 22.4 Å². The molecule has 0 aliphatic rings.